The lowest BCUT2D eigenvalue weighted by Gasteiger charge is -2.11. The van der Waals surface area contributed by atoms with Crippen LogP contribution in [0.25, 0.3) is 11.0 Å². The Morgan fingerprint density at radius 2 is 2.04 bits per heavy atom. The fourth-order valence-electron chi connectivity index (χ4n) is 2.81. The third kappa shape index (κ3) is 3.33. The van der Waals surface area contributed by atoms with E-state index in [1.54, 1.807) is 20.0 Å². The van der Waals surface area contributed by atoms with Crippen LogP contribution in [0.15, 0.2) is 25.2 Å². The van der Waals surface area contributed by atoms with E-state index < -0.39 is 11.2 Å². The molecule has 3 aromatic rings. The maximum absolute atomic E-state index is 12.7. The summed E-state index contributed by atoms with van der Waals surface area (Å²) in [7, 11) is 2.98. The van der Waals surface area contributed by atoms with Gasteiger partial charge in [-0.1, -0.05) is 16.9 Å². The highest BCUT2D eigenvalue weighted by atomic mass is 32.2. The van der Waals surface area contributed by atoms with Gasteiger partial charge in [0.05, 0.1) is 5.75 Å². The van der Waals surface area contributed by atoms with Crippen LogP contribution in [0.1, 0.15) is 30.3 Å². The van der Waals surface area contributed by atoms with Crippen LogP contribution in [0.5, 0.6) is 0 Å². The van der Waals surface area contributed by atoms with Crippen LogP contribution in [-0.4, -0.2) is 35.9 Å². The van der Waals surface area contributed by atoms with Crippen molar-refractivity contribution in [2.24, 2.45) is 14.1 Å². The first-order valence-electron chi connectivity index (χ1n) is 8.68. The molecular formula is C17H18N6O4S. The van der Waals surface area contributed by atoms with Crippen LogP contribution in [0, 0.1) is 6.92 Å². The van der Waals surface area contributed by atoms with E-state index in [-0.39, 0.29) is 23.0 Å². The Morgan fingerprint density at radius 3 is 2.68 bits per heavy atom. The zero-order chi connectivity index (χ0) is 20.0. The molecule has 1 N–H and O–H groups in total. The predicted octanol–water partition coefficient (Wildman–Crippen LogP) is 0.932. The topological polar surface area (TPSA) is 125 Å². The molecule has 0 saturated heterocycles. The van der Waals surface area contributed by atoms with Crippen molar-refractivity contribution in [3.63, 3.8) is 0 Å². The van der Waals surface area contributed by atoms with Gasteiger partial charge in [-0.15, -0.1) is 0 Å². The Labute approximate surface area is 163 Å². The van der Waals surface area contributed by atoms with Gasteiger partial charge in [0, 0.05) is 26.1 Å². The van der Waals surface area contributed by atoms with E-state index in [0.717, 1.165) is 29.2 Å². The van der Waals surface area contributed by atoms with E-state index in [1.807, 2.05) is 0 Å². The standard InChI is InChI=1S/C17H18N6O4S/c1-8-6-10(21-27-8)18-11(24)7-28-15-12-14(19-13(20-15)9-4-5-9)22(2)17(26)23(3)16(12)25/h6,9H,4-5,7H2,1-3H3,(H,18,21,24). The summed E-state index contributed by atoms with van der Waals surface area (Å²) in [6.07, 6.45) is 1.95. The van der Waals surface area contributed by atoms with Crippen molar-refractivity contribution in [1.29, 1.82) is 0 Å². The molecule has 10 nitrogen and oxygen atoms in total. The Balaban J connectivity index is 1.70. The van der Waals surface area contributed by atoms with Gasteiger partial charge < -0.3 is 9.84 Å². The molecule has 0 atom stereocenters. The van der Waals surface area contributed by atoms with Crippen molar-refractivity contribution in [3.05, 3.63) is 38.5 Å². The van der Waals surface area contributed by atoms with Crippen molar-refractivity contribution in [1.82, 2.24) is 24.3 Å². The molecule has 0 bridgehead atoms. The van der Waals surface area contributed by atoms with Crippen molar-refractivity contribution in [3.8, 4) is 0 Å². The highest BCUT2D eigenvalue weighted by Crippen LogP contribution is 2.39. The molecule has 1 aliphatic rings. The second-order valence-electron chi connectivity index (χ2n) is 6.73. The normalized spacial score (nSPS) is 13.8. The van der Waals surface area contributed by atoms with Crippen LogP contribution in [-0.2, 0) is 18.9 Å². The highest BCUT2D eigenvalue weighted by Gasteiger charge is 2.29. The number of hydrogen-bond donors (Lipinski definition) is 1. The molecule has 3 aromatic heterocycles. The van der Waals surface area contributed by atoms with Crippen molar-refractivity contribution < 1.29 is 9.32 Å². The quantitative estimate of drug-likeness (QED) is 0.494. The third-order valence-electron chi connectivity index (χ3n) is 4.46. The molecular weight excluding hydrogens is 384 g/mol. The summed E-state index contributed by atoms with van der Waals surface area (Å²) in [4.78, 5) is 46.2. The van der Waals surface area contributed by atoms with Crippen molar-refractivity contribution in [2.45, 2.75) is 30.7 Å². The number of thioether (sulfide) groups is 1. The first-order chi connectivity index (χ1) is 13.3. The second-order valence-corrected chi connectivity index (χ2v) is 7.69. The molecule has 0 radical (unpaired) electrons. The van der Waals surface area contributed by atoms with E-state index in [9.17, 15) is 14.4 Å². The first-order valence-corrected chi connectivity index (χ1v) is 9.67. The van der Waals surface area contributed by atoms with Crippen LogP contribution in [0.4, 0.5) is 5.82 Å². The number of nitrogens with zero attached hydrogens (tertiary/aromatic N) is 5. The monoisotopic (exact) mass is 402 g/mol. The SMILES string of the molecule is Cc1cc(NC(=O)CSc2nc(C3CC3)nc3c2c(=O)n(C)c(=O)n3C)no1. The van der Waals surface area contributed by atoms with E-state index in [1.165, 1.54) is 11.6 Å². The molecule has 0 unspecified atom stereocenters. The van der Waals surface area contributed by atoms with Gasteiger partial charge in [0.1, 0.15) is 22.0 Å². The number of carbonyl (C=O) groups is 1. The molecule has 1 saturated carbocycles. The van der Waals surface area contributed by atoms with Gasteiger partial charge in [0.15, 0.2) is 11.5 Å². The highest BCUT2D eigenvalue weighted by molar-refractivity contribution is 8.00. The summed E-state index contributed by atoms with van der Waals surface area (Å²) in [5, 5.41) is 6.99. The van der Waals surface area contributed by atoms with Gasteiger partial charge in [-0.05, 0) is 19.8 Å². The minimum atomic E-state index is -0.476. The molecule has 0 aliphatic heterocycles. The fraction of sp³-hybridized carbons (Fsp3) is 0.412. The zero-order valence-corrected chi connectivity index (χ0v) is 16.4. The smallest absolute Gasteiger partial charge is 0.332 e. The molecule has 0 aromatic carbocycles. The van der Waals surface area contributed by atoms with Crippen LogP contribution < -0.4 is 16.6 Å². The number of aryl methyl sites for hydroxylation is 2. The second kappa shape index (κ2) is 6.89. The summed E-state index contributed by atoms with van der Waals surface area (Å²) >= 11 is 1.13. The van der Waals surface area contributed by atoms with Crippen LogP contribution in [0.3, 0.4) is 0 Å². The fourth-order valence-corrected chi connectivity index (χ4v) is 3.63. The maximum Gasteiger partial charge on any atom is 0.332 e. The Kier molecular flexibility index (Phi) is 4.53. The van der Waals surface area contributed by atoms with Gasteiger partial charge in [0.25, 0.3) is 5.56 Å². The molecule has 1 fully saturated rings. The number of amides is 1. The van der Waals surface area contributed by atoms with E-state index in [2.05, 4.69) is 20.4 Å². The number of hydrogen-bond acceptors (Lipinski definition) is 8. The molecule has 1 aliphatic carbocycles. The number of fused-ring (bicyclic) bond motifs is 1. The first kappa shape index (κ1) is 18.4. The molecule has 1 amide bonds. The third-order valence-corrected chi connectivity index (χ3v) is 5.44. The molecule has 11 heteroatoms. The summed E-state index contributed by atoms with van der Waals surface area (Å²) in [6.45, 7) is 1.73. The van der Waals surface area contributed by atoms with Gasteiger partial charge in [-0.3, -0.25) is 18.7 Å². The number of nitrogens with one attached hydrogen (secondary N) is 1. The number of aromatic nitrogens is 5. The van der Waals surface area contributed by atoms with Crippen molar-refractivity contribution >= 4 is 34.5 Å². The van der Waals surface area contributed by atoms with Crippen LogP contribution in [0.2, 0.25) is 0 Å². The average Bonchev–Trinajstić information content (AvgIpc) is 3.45. The zero-order valence-electron chi connectivity index (χ0n) is 15.6. The molecule has 3 heterocycles. The average molecular weight is 402 g/mol. The summed E-state index contributed by atoms with van der Waals surface area (Å²) in [5.41, 5.74) is -0.636. The predicted molar refractivity (Wildman–Crippen MR) is 103 cm³/mol. The Morgan fingerprint density at radius 1 is 1.29 bits per heavy atom. The summed E-state index contributed by atoms with van der Waals surface area (Å²) in [5.74, 6) is 1.46. The number of rotatable bonds is 5. The lowest BCUT2D eigenvalue weighted by molar-refractivity contribution is -0.113. The van der Waals surface area contributed by atoms with E-state index >= 15 is 0 Å². The van der Waals surface area contributed by atoms with E-state index in [4.69, 9.17) is 4.52 Å². The number of anilines is 1. The minimum absolute atomic E-state index is 0.0219. The van der Waals surface area contributed by atoms with Crippen LogP contribution >= 0.6 is 11.8 Å². The minimum Gasteiger partial charge on any atom is -0.360 e. The maximum atomic E-state index is 12.7. The lowest BCUT2D eigenvalue weighted by atomic mass is 10.3. The van der Waals surface area contributed by atoms with Gasteiger partial charge in [0.2, 0.25) is 5.91 Å². The lowest BCUT2D eigenvalue weighted by Crippen LogP contribution is -2.37. The summed E-state index contributed by atoms with van der Waals surface area (Å²) in [6, 6.07) is 1.61. The molecule has 146 valence electrons. The largest absolute Gasteiger partial charge is 0.360 e. The van der Waals surface area contributed by atoms with E-state index in [0.29, 0.717) is 28.1 Å². The van der Waals surface area contributed by atoms with Gasteiger partial charge in [-0.2, -0.15) is 0 Å². The summed E-state index contributed by atoms with van der Waals surface area (Å²) < 4.78 is 7.28. The van der Waals surface area contributed by atoms with Gasteiger partial charge >= 0.3 is 5.69 Å². The Hall–Kier alpha value is -2.95. The molecule has 4 rings (SSSR count). The molecule has 28 heavy (non-hydrogen) atoms. The van der Waals surface area contributed by atoms with Crippen molar-refractivity contribution in [2.75, 3.05) is 11.1 Å². The number of carbonyl (C=O) groups excluding carboxylic acids is 1. The Bertz CT molecular complexity index is 1210. The molecule has 0 spiro atoms. The van der Waals surface area contributed by atoms with Gasteiger partial charge in [-0.25, -0.2) is 14.8 Å².